The standard InChI is InChI=1S/C12H9N3O3/c13-6-9-1-2-11(12(5-9)15(16)17)14-7-10-3-4-18-8-10/h1-5,8,14H,7H2. The first-order valence-electron chi connectivity index (χ1n) is 5.14. The zero-order valence-electron chi connectivity index (χ0n) is 9.29. The topological polar surface area (TPSA) is 92.1 Å². The quantitative estimate of drug-likeness (QED) is 0.658. The lowest BCUT2D eigenvalue weighted by Gasteiger charge is -2.05. The Labute approximate surface area is 103 Å². The Morgan fingerprint density at radius 1 is 1.44 bits per heavy atom. The van der Waals surface area contributed by atoms with Crippen LogP contribution in [0.25, 0.3) is 0 Å². The van der Waals surface area contributed by atoms with Gasteiger partial charge in [0.15, 0.2) is 0 Å². The summed E-state index contributed by atoms with van der Waals surface area (Å²) in [5.41, 5.74) is 1.40. The molecular weight excluding hydrogens is 234 g/mol. The van der Waals surface area contributed by atoms with Crippen LogP contribution in [0.1, 0.15) is 11.1 Å². The minimum Gasteiger partial charge on any atom is -0.472 e. The third-order valence-corrected chi connectivity index (χ3v) is 2.39. The summed E-state index contributed by atoms with van der Waals surface area (Å²) < 4.78 is 4.90. The number of nitro groups is 1. The molecule has 0 aliphatic heterocycles. The minimum absolute atomic E-state index is 0.113. The van der Waals surface area contributed by atoms with E-state index < -0.39 is 4.92 Å². The number of nitro benzene ring substituents is 1. The van der Waals surface area contributed by atoms with Crippen molar-refractivity contribution in [1.82, 2.24) is 0 Å². The van der Waals surface area contributed by atoms with Gasteiger partial charge < -0.3 is 9.73 Å². The lowest BCUT2D eigenvalue weighted by molar-refractivity contribution is -0.384. The van der Waals surface area contributed by atoms with Crippen LogP contribution >= 0.6 is 0 Å². The molecule has 0 aliphatic rings. The van der Waals surface area contributed by atoms with E-state index in [0.717, 1.165) is 5.56 Å². The van der Waals surface area contributed by atoms with E-state index >= 15 is 0 Å². The Bertz CT molecular complexity index is 600. The van der Waals surface area contributed by atoms with Gasteiger partial charge in [-0.05, 0) is 18.2 Å². The molecule has 90 valence electrons. The molecule has 6 nitrogen and oxygen atoms in total. The van der Waals surface area contributed by atoms with E-state index in [0.29, 0.717) is 12.2 Å². The number of furan rings is 1. The van der Waals surface area contributed by atoms with Crippen LogP contribution < -0.4 is 5.32 Å². The molecule has 1 aromatic heterocycles. The van der Waals surface area contributed by atoms with Crippen molar-refractivity contribution in [2.45, 2.75) is 6.54 Å². The molecule has 2 rings (SSSR count). The molecule has 1 N–H and O–H groups in total. The molecule has 0 aliphatic carbocycles. The molecule has 1 heterocycles. The number of hydrogen-bond acceptors (Lipinski definition) is 5. The fourth-order valence-corrected chi connectivity index (χ4v) is 1.49. The van der Waals surface area contributed by atoms with Crippen molar-refractivity contribution in [2.75, 3.05) is 5.32 Å². The fraction of sp³-hybridized carbons (Fsp3) is 0.0833. The number of nitrogens with zero attached hydrogens (tertiary/aromatic N) is 2. The lowest BCUT2D eigenvalue weighted by atomic mass is 10.2. The van der Waals surface area contributed by atoms with Crippen molar-refractivity contribution in [1.29, 1.82) is 5.26 Å². The highest BCUT2D eigenvalue weighted by Gasteiger charge is 2.14. The highest BCUT2D eigenvalue weighted by atomic mass is 16.6. The average molecular weight is 243 g/mol. The number of rotatable bonds is 4. The largest absolute Gasteiger partial charge is 0.472 e. The van der Waals surface area contributed by atoms with Crippen LogP contribution in [0.3, 0.4) is 0 Å². The van der Waals surface area contributed by atoms with Gasteiger partial charge in [0.2, 0.25) is 0 Å². The molecule has 0 radical (unpaired) electrons. The zero-order valence-corrected chi connectivity index (χ0v) is 9.29. The van der Waals surface area contributed by atoms with E-state index in [2.05, 4.69) is 5.32 Å². The Morgan fingerprint density at radius 3 is 2.89 bits per heavy atom. The summed E-state index contributed by atoms with van der Waals surface area (Å²) in [6.07, 6.45) is 3.09. The molecule has 0 amide bonds. The molecule has 0 bridgehead atoms. The predicted octanol–water partition coefficient (Wildman–Crippen LogP) is 2.67. The predicted molar refractivity (Wildman–Crippen MR) is 63.8 cm³/mol. The number of nitriles is 1. The molecule has 0 saturated carbocycles. The second-order valence-corrected chi connectivity index (χ2v) is 3.59. The lowest BCUT2D eigenvalue weighted by Crippen LogP contribution is -2.02. The molecule has 0 unspecified atom stereocenters. The van der Waals surface area contributed by atoms with Crippen LogP contribution in [0, 0.1) is 21.4 Å². The van der Waals surface area contributed by atoms with Gasteiger partial charge in [0, 0.05) is 18.2 Å². The van der Waals surface area contributed by atoms with Gasteiger partial charge in [0.25, 0.3) is 5.69 Å². The molecule has 1 aromatic carbocycles. The van der Waals surface area contributed by atoms with Crippen molar-refractivity contribution in [2.24, 2.45) is 0 Å². The monoisotopic (exact) mass is 243 g/mol. The smallest absolute Gasteiger partial charge is 0.293 e. The number of hydrogen-bond donors (Lipinski definition) is 1. The van der Waals surface area contributed by atoms with E-state index in [4.69, 9.17) is 9.68 Å². The maximum atomic E-state index is 10.9. The fourth-order valence-electron chi connectivity index (χ4n) is 1.49. The Kier molecular flexibility index (Phi) is 3.25. The summed E-state index contributed by atoms with van der Waals surface area (Å²) in [6, 6.07) is 7.94. The van der Waals surface area contributed by atoms with E-state index in [1.165, 1.54) is 24.5 Å². The average Bonchev–Trinajstić information content (AvgIpc) is 2.89. The number of nitrogens with one attached hydrogen (secondary N) is 1. The molecule has 0 atom stereocenters. The van der Waals surface area contributed by atoms with Crippen LogP contribution in [-0.2, 0) is 6.54 Å². The van der Waals surface area contributed by atoms with Crippen LogP contribution in [0.15, 0.2) is 41.2 Å². The van der Waals surface area contributed by atoms with Gasteiger partial charge in [-0.3, -0.25) is 10.1 Å². The third-order valence-electron chi connectivity index (χ3n) is 2.39. The van der Waals surface area contributed by atoms with E-state index in [1.54, 1.807) is 12.3 Å². The van der Waals surface area contributed by atoms with E-state index in [1.807, 2.05) is 6.07 Å². The van der Waals surface area contributed by atoms with Gasteiger partial charge in [0.1, 0.15) is 5.69 Å². The molecule has 18 heavy (non-hydrogen) atoms. The summed E-state index contributed by atoms with van der Waals surface area (Å²) in [4.78, 5) is 10.4. The third kappa shape index (κ3) is 2.47. The maximum Gasteiger partial charge on any atom is 0.293 e. The van der Waals surface area contributed by atoms with Crippen molar-refractivity contribution in [3.63, 3.8) is 0 Å². The first kappa shape index (κ1) is 11.7. The molecule has 0 fully saturated rings. The second kappa shape index (κ2) is 5.01. The zero-order chi connectivity index (χ0) is 13.0. The van der Waals surface area contributed by atoms with Crippen molar-refractivity contribution < 1.29 is 9.34 Å². The summed E-state index contributed by atoms with van der Waals surface area (Å²) in [7, 11) is 0. The normalized spacial score (nSPS) is 9.72. The molecular formula is C12H9N3O3. The molecule has 0 saturated heterocycles. The minimum atomic E-state index is -0.515. The van der Waals surface area contributed by atoms with Gasteiger partial charge in [-0.25, -0.2) is 0 Å². The van der Waals surface area contributed by atoms with Gasteiger partial charge >= 0.3 is 0 Å². The second-order valence-electron chi connectivity index (χ2n) is 3.59. The van der Waals surface area contributed by atoms with Gasteiger partial charge in [0.05, 0.1) is 29.1 Å². The number of anilines is 1. The van der Waals surface area contributed by atoms with E-state index in [9.17, 15) is 10.1 Å². The van der Waals surface area contributed by atoms with Gasteiger partial charge in [-0.1, -0.05) is 0 Å². The van der Waals surface area contributed by atoms with Crippen LogP contribution in [0.5, 0.6) is 0 Å². The summed E-state index contributed by atoms with van der Waals surface area (Å²) in [5, 5.41) is 22.5. The summed E-state index contributed by atoms with van der Waals surface area (Å²) in [6.45, 7) is 0.420. The van der Waals surface area contributed by atoms with Crippen LogP contribution in [0.2, 0.25) is 0 Å². The van der Waals surface area contributed by atoms with Crippen molar-refractivity contribution >= 4 is 11.4 Å². The summed E-state index contributed by atoms with van der Waals surface area (Å²) >= 11 is 0. The van der Waals surface area contributed by atoms with Crippen LogP contribution in [-0.4, -0.2) is 4.92 Å². The van der Waals surface area contributed by atoms with Gasteiger partial charge in [-0.2, -0.15) is 5.26 Å². The highest BCUT2D eigenvalue weighted by Crippen LogP contribution is 2.25. The molecule has 0 spiro atoms. The van der Waals surface area contributed by atoms with Crippen molar-refractivity contribution in [3.05, 3.63) is 58.0 Å². The Hall–Kier alpha value is -2.81. The van der Waals surface area contributed by atoms with Crippen molar-refractivity contribution in [3.8, 4) is 6.07 Å². The summed E-state index contributed by atoms with van der Waals surface area (Å²) in [5.74, 6) is 0. The number of benzene rings is 1. The first-order chi connectivity index (χ1) is 8.70. The van der Waals surface area contributed by atoms with Gasteiger partial charge in [-0.15, -0.1) is 0 Å². The Balaban J connectivity index is 2.22. The first-order valence-corrected chi connectivity index (χ1v) is 5.14. The molecule has 2 aromatic rings. The maximum absolute atomic E-state index is 10.9. The highest BCUT2D eigenvalue weighted by molar-refractivity contribution is 5.64. The van der Waals surface area contributed by atoms with Crippen LogP contribution in [0.4, 0.5) is 11.4 Å². The molecule has 6 heteroatoms. The SMILES string of the molecule is N#Cc1ccc(NCc2ccoc2)c([N+](=O)[O-])c1. The van der Waals surface area contributed by atoms with E-state index in [-0.39, 0.29) is 11.3 Å². The Morgan fingerprint density at radius 2 is 2.28 bits per heavy atom.